The lowest BCUT2D eigenvalue weighted by Crippen LogP contribution is -2.48. The summed E-state index contributed by atoms with van der Waals surface area (Å²) in [7, 11) is 0. The van der Waals surface area contributed by atoms with E-state index in [0.29, 0.717) is 67.8 Å². The first-order valence-electron chi connectivity index (χ1n) is 13.9. The number of hydrogen-bond acceptors (Lipinski definition) is 9. The molecule has 2 bridgehead atoms. The zero-order valence-electron chi connectivity index (χ0n) is 22.0. The summed E-state index contributed by atoms with van der Waals surface area (Å²) in [5, 5.41) is 19.9. The minimum absolute atomic E-state index is 0.0794. The smallest absolute Gasteiger partial charge is 0.255 e. The second-order valence-electron chi connectivity index (χ2n) is 10.8. The predicted octanol–water partition coefficient (Wildman–Crippen LogP) is 2.42. The highest BCUT2D eigenvalue weighted by Crippen LogP contribution is 2.36. The molecule has 3 aromatic heterocycles. The summed E-state index contributed by atoms with van der Waals surface area (Å²) in [6, 6.07) is 6.24. The number of amides is 1. The van der Waals surface area contributed by atoms with E-state index in [0.717, 1.165) is 32.1 Å². The van der Waals surface area contributed by atoms with E-state index >= 15 is 0 Å². The van der Waals surface area contributed by atoms with Gasteiger partial charge in [0.2, 0.25) is 0 Å². The Morgan fingerprint density at radius 2 is 1.90 bits per heavy atom. The summed E-state index contributed by atoms with van der Waals surface area (Å²) < 4.78 is 20.7. The number of anilines is 1. The largest absolute Gasteiger partial charge is 0.377 e. The van der Waals surface area contributed by atoms with Crippen molar-refractivity contribution in [2.45, 2.75) is 63.4 Å². The van der Waals surface area contributed by atoms with Crippen LogP contribution in [0.3, 0.4) is 0 Å². The van der Waals surface area contributed by atoms with Gasteiger partial charge in [-0.05, 0) is 45.1 Å². The van der Waals surface area contributed by atoms with E-state index in [1.165, 1.54) is 0 Å². The van der Waals surface area contributed by atoms with Gasteiger partial charge in [-0.1, -0.05) is 0 Å². The Morgan fingerprint density at radius 3 is 2.64 bits per heavy atom. The van der Waals surface area contributed by atoms with Crippen LogP contribution in [0.1, 0.15) is 61.3 Å². The lowest BCUT2D eigenvalue weighted by molar-refractivity contribution is -0.0395. The van der Waals surface area contributed by atoms with E-state index < -0.39 is 0 Å². The summed E-state index contributed by atoms with van der Waals surface area (Å²) in [4.78, 5) is 23.3. The molecule has 12 nitrogen and oxygen atoms in total. The number of nitrogens with zero attached hydrogens (tertiary/aromatic N) is 8. The Balaban J connectivity index is 1.38. The molecular formula is C27H32N8O4. The molecule has 0 radical (unpaired) electrons. The van der Waals surface area contributed by atoms with E-state index in [1.54, 1.807) is 4.68 Å². The van der Waals surface area contributed by atoms with Gasteiger partial charge >= 0.3 is 0 Å². The Kier molecular flexibility index (Phi) is 6.22. The molecule has 7 rings (SSSR count). The van der Waals surface area contributed by atoms with Crippen LogP contribution < -0.4 is 4.90 Å². The molecule has 0 aliphatic carbocycles. The number of aromatic nitrogens is 5. The molecule has 4 saturated heterocycles. The van der Waals surface area contributed by atoms with Gasteiger partial charge in [-0.15, -0.1) is 0 Å². The Hall–Kier alpha value is -3.53. The van der Waals surface area contributed by atoms with Crippen LogP contribution in [0.25, 0.3) is 16.9 Å². The van der Waals surface area contributed by atoms with Gasteiger partial charge in [0.15, 0.2) is 17.2 Å². The van der Waals surface area contributed by atoms with Gasteiger partial charge in [0.1, 0.15) is 18.1 Å². The molecule has 4 atom stereocenters. The standard InChI is InChI=1S/C27H32N8O4/c1-17-14-37-11-9-32(17)27(36)20-12-23(34-18-5-6-19(34)16-38-15-18)29-26-25(20)21(13-28)30-35(26)22-7-8-33(31-22)24-4-2-3-10-39-24/h7-8,12,17-19,24H,2-6,9-11,14-16H2,1H3. The first-order chi connectivity index (χ1) is 19.1. The number of ether oxygens (including phenoxy) is 3. The highest BCUT2D eigenvalue weighted by Gasteiger charge is 2.39. The second-order valence-corrected chi connectivity index (χ2v) is 10.8. The van der Waals surface area contributed by atoms with Gasteiger partial charge in [0.25, 0.3) is 5.91 Å². The van der Waals surface area contributed by atoms with Crippen molar-refractivity contribution in [3.05, 3.63) is 29.6 Å². The topological polar surface area (TPSA) is 124 Å². The van der Waals surface area contributed by atoms with Crippen LogP contribution >= 0.6 is 0 Å². The number of fused-ring (bicyclic) bond motifs is 3. The third-order valence-electron chi connectivity index (χ3n) is 8.36. The maximum absolute atomic E-state index is 14.1. The molecule has 4 unspecified atom stereocenters. The molecule has 4 fully saturated rings. The molecule has 3 aromatic rings. The van der Waals surface area contributed by atoms with Gasteiger partial charge in [0.05, 0.1) is 55.5 Å². The van der Waals surface area contributed by atoms with Crippen LogP contribution in [-0.4, -0.2) is 93.1 Å². The number of carbonyl (C=O) groups is 1. The highest BCUT2D eigenvalue weighted by atomic mass is 16.5. The Morgan fingerprint density at radius 1 is 1.05 bits per heavy atom. The zero-order valence-corrected chi connectivity index (χ0v) is 22.0. The zero-order chi connectivity index (χ0) is 26.5. The highest BCUT2D eigenvalue weighted by molar-refractivity contribution is 6.08. The normalized spacial score (nSPS) is 27.2. The summed E-state index contributed by atoms with van der Waals surface area (Å²) in [5.74, 6) is 1.10. The van der Waals surface area contributed by atoms with E-state index in [-0.39, 0.29) is 36.0 Å². The summed E-state index contributed by atoms with van der Waals surface area (Å²) in [5.41, 5.74) is 1.04. The summed E-state index contributed by atoms with van der Waals surface area (Å²) >= 11 is 0. The number of carbonyl (C=O) groups excluding carboxylic acids is 1. The Labute approximate surface area is 226 Å². The lowest BCUT2D eigenvalue weighted by atomic mass is 10.1. The second kappa shape index (κ2) is 9.89. The molecule has 0 N–H and O–H groups in total. The molecule has 4 aliphatic heterocycles. The van der Waals surface area contributed by atoms with Crippen molar-refractivity contribution in [1.82, 2.24) is 29.4 Å². The van der Waals surface area contributed by atoms with Crippen LogP contribution in [-0.2, 0) is 14.2 Å². The van der Waals surface area contributed by atoms with Crippen molar-refractivity contribution in [2.24, 2.45) is 0 Å². The number of nitriles is 1. The van der Waals surface area contributed by atoms with Crippen LogP contribution in [0, 0.1) is 11.3 Å². The van der Waals surface area contributed by atoms with Crippen molar-refractivity contribution in [1.29, 1.82) is 5.26 Å². The average molecular weight is 533 g/mol. The Bertz CT molecular complexity index is 1420. The third-order valence-corrected chi connectivity index (χ3v) is 8.36. The SMILES string of the molecule is CC1COCCN1C(=O)c1cc(N2C3CCC2COC3)nc2c1c(C#N)nn2-c1ccn(C2CCCCO2)n1. The van der Waals surface area contributed by atoms with E-state index in [4.69, 9.17) is 24.3 Å². The molecule has 0 spiro atoms. The molecular weight excluding hydrogens is 500 g/mol. The van der Waals surface area contributed by atoms with Crippen molar-refractivity contribution >= 4 is 22.8 Å². The van der Waals surface area contributed by atoms with E-state index in [2.05, 4.69) is 16.1 Å². The van der Waals surface area contributed by atoms with Gasteiger partial charge < -0.3 is 24.0 Å². The molecule has 0 aromatic carbocycles. The fourth-order valence-corrected chi connectivity index (χ4v) is 6.36. The van der Waals surface area contributed by atoms with Crippen LogP contribution in [0.5, 0.6) is 0 Å². The molecule has 4 aliphatic rings. The van der Waals surface area contributed by atoms with Gasteiger partial charge in [-0.2, -0.15) is 20.1 Å². The van der Waals surface area contributed by atoms with Crippen LogP contribution in [0.4, 0.5) is 5.82 Å². The number of rotatable bonds is 4. The maximum atomic E-state index is 14.1. The third kappa shape index (κ3) is 4.16. The summed E-state index contributed by atoms with van der Waals surface area (Å²) in [6.45, 7) is 5.41. The van der Waals surface area contributed by atoms with Crippen LogP contribution in [0.2, 0.25) is 0 Å². The van der Waals surface area contributed by atoms with Gasteiger partial charge in [-0.25, -0.2) is 9.67 Å². The number of pyridine rings is 1. The molecule has 12 heteroatoms. The van der Waals surface area contributed by atoms with Gasteiger partial charge in [0, 0.05) is 25.4 Å². The van der Waals surface area contributed by atoms with Crippen LogP contribution in [0.15, 0.2) is 18.3 Å². The summed E-state index contributed by atoms with van der Waals surface area (Å²) in [6.07, 6.45) is 6.81. The average Bonchev–Trinajstić information content (AvgIpc) is 3.67. The molecule has 204 valence electrons. The maximum Gasteiger partial charge on any atom is 0.255 e. The van der Waals surface area contributed by atoms with Crippen molar-refractivity contribution in [2.75, 3.05) is 44.5 Å². The monoisotopic (exact) mass is 532 g/mol. The van der Waals surface area contributed by atoms with E-state index in [9.17, 15) is 10.1 Å². The molecule has 0 saturated carbocycles. The van der Waals surface area contributed by atoms with E-state index in [1.807, 2.05) is 34.8 Å². The minimum Gasteiger partial charge on any atom is -0.377 e. The van der Waals surface area contributed by atoms with Crippen molar-refractivity contribution in [3.63, 3.8) is 0 Å². The molecule has 7 heterocycles. The minimum atomic E-state index is -0.141. The molecule has 1 amide bonds. The first-order valence-corrected chi connectivity index (χ1v) is 13.9. The predicted molar refractivity (Wildman–Crippen MR) is 140 cm³/mol. The fraction of sp³-hybridized carbons (Fsp3) is 0.593. The fourth-order valence-electron chi connectivity index (χ4n) is 6.36. The van der Waals surface area contributed by atoms with Crippen molar-refractivity contribution < 1.29 is 19.0 Å². The van der Waals surface area contributed by atoms with Crippen molar-refractivity contribution in [3.8, 4) is 11.9 Å². The lowest BCUT2D eigenvalue weighted by Gasteiger charge is -2.36. The van der Waals surface area contributed by atoms with Gasteiger partial charge in [-0.3, -0.25) is 4.79 Å². The molecule has 39 heavy (non-hydrogen) atoms. The number of morpholine rings is 2. The first kappa shape index (κ1) is 24.5. The quantitative estimate of drug-likeness (QED) is 0.498. The number of hydrogen-bond donors (Lipinski definition) is 0.